The lowest BCUT2D eigenvalue weighted by molar-refractivity contribution is 0.226. The third kappa shape index (κ3) is 3.25. The van der Waals surface area contributed by atoms with E-state index in [4.69, 9.17) is 0 Å². The van der Waals surface area contributed by atoms with Gasteiger partial charge in [0.15, 0.2) is 0 Å². The molecule has 4 atom stereocenters. The molecule has 0 bridgehead atoms. The van der Waals surface area contributed by atoms with E-state index in [-0.39, 0.29) is 0 Å². The van der Waals surface area contributed by atoms with Gasteiger partial charge in [0.2, 0.25) is 0 Å². The molecule has 4 unspecified atom stereocenters. The Balaban J connectivity index is 1.83. The van der Waals surface area contributed by atoms with E-state index in [1.807, 2.05) is 0 Å². The third-order valence-corrected chi connectivity index (χ3v) is 4.93. The molecule has 0 aromatic carbocycles. The Kier molecular flexibility index (Phi) is 5.05. The number of hydrogen-bond donors (Lipinski definition) is 1. The molecule has 2 rings (SSSR count). The molecule has 1 N–H and O–H groups in total. The lowest BCUT2D eigenvalue weighted by atomic mass is 10.0. The fourth-order valence-electron chi connectivity index (χ4n) is 3.99. The van der Waals surface area contributed by atoms with Crippen LogP contribution in [0.4, 0.5) is 0 Å². The van der Waals surface area contributed by atoms with E-state index in [9.17, 15) is 0 Å². The summed E-state index contributed by atoms with van der Waals surface area (Å²) in [5.74, 6) is 1.71. The van der Waals surface area contributed by atoms with Crippen LogP contribution in [0, 0.1) is 11.8 Å². The van der Waals surface area contributed by atoms with Crippen molar-refractivity contribution in [1.82, 2.24) is 15.1 Å². The molecule has 2 fully saturated rings. The largest absolute Gasteiger partial charge is 0.314 e. The zero-order valence-corrected chi connectivity index (χ0v) is 12.7. The van der Waals surface area contributed by atoms with Crippen molar-refractivity contribution < 1.29 is 0 Å². The number of rotatable bonds is 5. The summed E-state index contributed by atoms with van der Waals surface area (Å²) in [5, 5.41) is 3.68. The van der Waals surface area contributed by atoms with Gasteiger partial charge >= 0.3 is 0 Å². The van der Waals surface area contributed by atoms with Gasteiger partial charge in [-0.2, -0.15) is 0 Å². The number of hydrogen-bond acceptors (Lipinski definition) is 3. The highest BCUT2D eigenvalue weighted by molar-refractivity contribution is 4.91. The molecule has 1 aliphatic heterocycles. The molecule has 0 amide bonds. The molecule has 0 aromatic rings. The average Bonchev–Trinajstić information content (AvgIpc) is 2.87. The molecular formula is C15H31N3. The van der Waals surface area contributed by atoms with Crippen LogP contribution in [0.25, 0.3) is 0 Å². The number of likely N-dealkylation sites (N-methyl/N-ethyl adjacent to an activating group) is 1. The minimum absolute atomic E-state index is 0.754. The van der Waals surface area contributed by atoms with Gasteiger partial charge in [-0.25, -0.2) is 0 Å². The van der Waals surface area contributed by atoms with E-state index >= 15 is 0 Å². The van der Waals surface area contributed by atoms with E-state index in [0.717, 1.165) is 30.5 Å². The molecule has 1 saturated heterocycles. The fourth-order valence-corrected chi connectivity index (χ4v) is 3.99. The molecule has 1 saturated carbocycles. The second kappa shape index (κ2) is 6.36. The zero-order chi connectivity index (χ0) is 13.1. The monoisotopic (exact) mass is 253 g/mol. The minimum Gasteiger partial charge on any atom is -0.314 e. The third-order valence-electron chi connectivity index (χ3n) is 4.93. The second-order valence-corrected chi connectivity index (χ2v) is 6.58. The van der Waals surface area contributed by atoms with Crippen molar-refractivity contribution in [2.45, 2.75) is 45.2 Å². The molecular weight excluding hydrogens is 222 g/mol. The Morgan fingerprint density at radius 3 is 2.61 bits per heavy atom. The SMILES string of the molecule is CCNC1CCCC1CN1CC(C)C(N(C)C)C1. The zero-order valence-electron chi connectivity index (χ0n) is 12.7. The molecule has 0 spiro atoms. The minimum atomic E-state index is 0.754. The van der Waals surface area contributed by atoms with E-state index in [1.54, 1.807) is 0 Å². The quantitative estimate of drug-likeness (QED) is 0.804. The Morgan fingerprint density at radius 1 is 1.22 bits per heavy atom. The van der Waals surface area contributed by atoms with Gasteiger partial charge in [0.25, 0.3) is 0 Å². The lowest BCUT2D eigenvalue weighted by Crippen LogP contribution is -2.40. The number of likely N-dealkylation sites (tertiary alicyclic amines) is 1. The molecule has 3 heteroatoms. The Morgan fingerprint density at radius 2 is 2.00 bits per heavy atom. The van der Waals surface area contributed by atoms with Crippen molar-refractivity contribution >= 4 is 0 Å². The summed E-state index contributed by atoms with van der Waals surface area (Å²) in [6, 6.07) is 1.53. The van der Waals surface area contributed by atoms with E-state index in [1.165, 1.54) is 38.9 Å². The first-order chi connectivity index (χ1) is 8.61. The second-order valence-electron chi connectivity index (χ2n) is 6.58. The molecule has 0 radical (unpaired) electrons. The summed E-state index contributed by atoms with van der Waals surface area (Å²) >= 11 is 0. The first kappa shape index (κ1) is 14.3. The first-order valence-corrected chi connectivity index (χ1v) is 7.74. The van der Waals surface area contributed by atoms with Gasteiger partial charge in [0.1, 0.15) is 0 Å². The van der Waals surface area contributed by atoms with Gasteiger partial charge in [-0.05, 0) is 45.3 Å². The van der Waals surface area contributed by atoms with Gasteiger partial charge in [0, 0.05) is 31.7 Å². The summed E-state index contributed by atoms with van der Waals surface area (Å²) in [7, 11) is 4.45. The van der Waals surface area contributed by atoms with Gasteiger partial charge in [-0.3, -0.25) is 0 Å². The van der Waals surface area contributed by atoms with Crippen molar-refractivity contribution in [3.8, 4) is 0 Å². The highest BCUT2D eigenvalue weighted by Crippen LogP contribution is 2.29. The predicted octanol–water partition coefficient (Wildman–Crippen LogP) is 1.65. The standard InChI is InChI=1S/C15H31N3/c1-5-16-14-8-6-7-13(14)10-18-9-12(2)15(11-18)17(3)4/h12-16H,5-11H2,1-4H3. The van der Waals surface area contributed by atoms with Gasteiger partial charge in [0.05, 0.1) is 0 Å². The van der Waals surface area contributed by atoms with Crippen molar-refractivity contribution in [3.05, 3.63) is 0 Å². The number of nitrogens with zero attached hydrogens (tertiary/aromatic N) is 2. The van der Waals surface area contributed by atoms with Gasteiger partial charge in [-0.1, -0.05) is 20.3 Å². The highest BCUT2D eigenvalue weighted by Gasteiger charge is 2.34. The van der Waals surface area contributed by atoms with Gasteiger partial charge < -0.3 is 15.1 Å². The molecule has 3 nitrogen and oxygen atoms in total. The Hall–Kier alpha value is -0.120. The van der Waals surface area contributed by atoms with Crippen LogP contribution < -0.4 is 5.32 Å². The van der Waals surface area contributed by atoms with E-state index in [2.05, 4.69) is 43.1 Å². The molecule has 18 heavy (non-hydrogen) atoms. The average molecular weight is 253 g/mol. The van der Waals surface area contributed by atoms with E-state index < -0.39 is 0 Å². The topological polar surface area (TPSA) is 18.5 Å². The maximum Gasteiger partial charge on any atom is 0.0254 e. The Bertz CT molecular complexity index is 254. The van der Waals surface area contributed by atoms with Crippen molar-refractivity contribution in [1.29, 1.82) is 0 Å². The summed E-state index contributed by atoms with van der Waals surface area (Å²) in [6.45, 7) is 9.63. The first-order valence-electron chi connectivity index (χ1n) is 7.74. The maximum absolute atomic E-state index is 3.68. The maximum atomic E-state index is 3.68. The summed E-state index contributed by atoms with van der Waals surface area (Å²) in [4.78, 5) is 5.11. The fraction of sp³-hybridized carbons (Fsp3) is 1.00. The summed E-state index contributed by atoms with van der Waals surface area (Å²) in [6.07, 6.45) is 4.23. The molecule has 2 aliphatic rings. The molecule has 1 heterocycles. The number of nitrogens with one attached hydrogen (secondary N) is 1. The normalized spacial score (nSPS) is 37.8. The van der Waals surface area contributed by atoms with Crippen LogP contribution in [-0.2, 0) is 0 Å². The highest BCUT2D eigenvalue weighted by atomic mass is 15.2. The van der Waals surface area contributed by atoms with Gasteiger partial charge in [-0.15, -0.1) is 0 Å². The Labute approximate surface area is 113 Å². The smallest absolute Gasteiger partial charge is 0.0254 e. The predicted molar refractivity (Wildman–Crippen MR) is 77.9 cm³/mol. The van der Waals surface area contributed by atoms with Crippen LogP contribution in [-0.4, -0.2) is 62.2 Å². The van der Waals surface area contributed by atoms with Crippen molar-refractivity contribution in [2.75, 3.05) is 40.3 Å². The van der Waals surface area contributed by atoms with E-state index in [0.29, 0.717) is 0 Å². The summed E-state index contributed by atoms with van der Waals surface area (Å²) < 4.78 is 0. The van der Waals surface area contributed by atoms with Crippen LogP contribution in [0.1, 0.15) is 33.1 Å². The van der Waals surface area contributed by atoms with Crippen LogP contribution in [0.15, 0.2) is 0 Å². The van der Waals surface area contributed by atoms with Crippen LogP contribution in [0.3, 0.4) is 0 Å². The molecule has 1 aliphatic carbocycles. The van der Waals surface area contributed by atoms with Crippen molar-refractivity contribution in [2.24, 2.45) is 11.8 Å². The van der Waals surface area contributed by atoms with Crippen LogP contribution >= 0.6 is 0 Å². The lowest BCUT2D eigenvalue weighted by Gasteiger charge is -2.26. The van der Waals surface area contributed by atoms with Crippen LogP contribution in [0.2, 0.25) is 0 Å². The molecule has 106 valence electrons. The molecule has 0 aromatic heterocycles. The summed E-state index contributed by atoms with van der Waals surface area (Å²) in [5.41, 5.74) is 0. The van der Waals surface area contributed by atoms with Crippen LogP contribution in [0.5, 0.6) is 0 Å². The van der Waals surface area contributed by atoms with Crippen molar-refractivity contribution in [3.63, 3.8) is 0 Å².